The molecule has 4 aliphatic rings. The van der Waals surface area contributed by atoms with Gasteiger partial charge in [0, 0.05) is 0 Å². The normalized spacial score (nSPS) is 44.3. The van der Waals surface area contributed by atoms with Gasteiger partial charge < -0.3 is 5.11 Å². The molecule has 2 saturated carbocycles. The van der Waals surface area contributed by atoms with Crippen LogP contribution in [0.3, 0.4) is 0 Å². The topological polar surface area (TPSA) is 20.2 Å². The van der Waals surface area contributed by atoms with E-state index in [0.717, 1.165) is 30.1 Å². The molecule has 0 spiro atoms. The summed E-state index contributed by atoms with van der Waals surface area (Å²) in [7, 11) is 0. The van der Waals surface area contributed by atoms with E-state index in [1.165, 1.54) is 75.4 Å². The van der Waals surface area contributed by atoms with Gasteiger partial charge in [0.25, 0.3) is 0 Å². The van der Waals surface area contributed by atoms with Crippen LogP contribution in [0.5, 0.6) is 0 Å². The van der Waals surface area contributed by atoms with Crippen molar-refractivity contribution in [2.45, 2.75) is 119 Å². The Hall–Kier alpha value is -0.560. The molecule has 0 amide bonds. The summed E-state index contributed by atoms with van der Waals surface area (Å²) in [5.74, 6) is 3.49. The second kappa shape index (κ2) is 8.34. The maximum Gasteiger partial charge on any atom is 0.0641 e. The number of aliphatic hydroxyl groups excluding tert-OH is 1. The maximum absolute atomic E-state index is 9.48. The van der Waals surface area contributed by atoms with Crippen LogP contribution in [0.1, 0.15) is 119 Å². The van der Waals surface area contributed by atoms with Gasteiger partial charge in [-0.1, -0.05) is 64.2 Å². The zero-order valence-corrected chi connectivity index (χ0v) is 21.7. The molecule has 0 aromatic rings. The van der Waals surface area contributed by atoms with Gasteiger partial charge in [-0.3, -0.25) is 0 Å². The van der Waals surface area contributed by atoms with Crippen LogP contribution in [0.2, 0.25) is 0 Å². The van der Waals surface area contributed by atoms with Gasteiger partial charge in [-0.25, -0.2) is 0 Å². The Labute approximate surface area is 193 Å². The molecule has 0 aromatic carbocycles. The van der Waals surface area contributed by atoms with E-state index in [1.807, 2.05) is 11.1 Å². The van der Waals surface area contributed by atoms with Crippen molar-refractivity contribution in [3.63, 3.8) is 0 Å². The van der Waals surface area contributed by atoms with Gasteiger partial charge in [0.1, 0.15) is 0 Å². The monoisotopic (exact) mass is 426 g/mol. The first kappa shape index (κ1) is 23.6. The number of hydrogen-bond donors (Lipinski definition) is 1. The summed E-state index contributed by atoms with van der Waals surface area (Å²) in [5.41, 5.74) is 7.87. The molecule has 0 heterocycles. The molecule has 31 heavy (non-hydrogen) atoms. The number of allylic oxidation sites excluding steroid dienone is 3. The first-order valence-electron chi connectivity index (χ1n) is 13.6. The predicted octanol–water partition coefficient (Wildman–Crippen LogP) is 8.48. The number of fused-ring (bicyclic) bond motifs is 4. The molecular formula is C30H50O. The number of hydrogen-bond acceptors (Lipinski definition) is 1. The third-order valence-electron chi connectivity index (χ3n) is 11.8. The molecule has 1 nitrogen and oxygen atoms in total. The molecule has 1 heteroatoms. The summed E-state index contributed by atoms with van der Waals surface area (Å²) in [6.07, 6.45) is 15.3. The van der Waals surface area contributed by atoms with Crippen molar-refractivity contribution in [3.8, 4) is 0 Å². The predicted molar refractivity (Wildman–Crippen MR) is 133 cm³/mol. The van der Waals surface area contributed by atoms with E-state index in [2.05, 4.69) is 48.5 Å². The van der Waals surface area contributed by atoms with E-state index in [9.17, 15) is 5.11 Å². The van der Waals surface area contributed by atoms with Crippen LogP contribution in [-0.4, -0.2) is 11.7 Å². The molecule has 0 aliphatic heterocycles. The van der Waals surface area contributed by atoms with Crippen LogP contribution < -0.4 is 0 Å². The minimum atomic E-state index is 0.217. The fourth-order valence-corrected chi connectivity index (χ4v) is 9.33. The summed E-state index contributed by atoms with van der Waals surface area (Å²) in [6, 6.07) is 0. The van der Waals surface area contributed by atoms with Crippen molar-refractivity contribution >= 4 is 0 Å². The van der Waals surface area contributed by atoms with Gasteiger partial charge in [-0.05, 0) is 117 Å². The maximum atomic E-state index is 9.48. The Bertz CT molecular complexity index is 758. The lowest BCUT2D eigenvalue weighted by molar-refractivity contribution is 0.00892. The molecule has 1 N–H and O–H groups in total. The van der Waals surface area contributed by atoms with Crippen LogP contribution in [-0.2, 0) is 0 Å². The second-order valence-electron chi connectivity index (χ2n) is 13.0. The quantitative estimate of drug-likeness (QED) is 0.437. The van der Waals surface area contributed by atoms with Crippen molar-refractivity contribution in [3.05, 3.63) is 22.3 Å². The summed E-state index contributed by atoms with van der Waals surface area (Å²) < 4.78 is 0. The largest absolute Gasteiger partial charge is 0.392 e. The molecule has 4 aliphatic carbocycles. The van der Waals surface area contributed by atoms with E-state index in [4.69, 9.17) is 0 Å². The van der Waals surface area contributed by atoms with Gasteiger partial charge >= 0.3 is 0 Å². The van der Waals surface area contributed by atoms with Crippen LogP contribution in [0.4, 0.5) is 0 Å². The average molecular weight is 427 g/mol. The fourth-order valence-electron chi connectivity index (χ4n) is 9.33. The van der Waals surface area contributed by atoms with Gasteiger partial charge in [-0.15, -0.1) is 0 Å². The lowest BCUT2D eigenvalue weighted by Crippen LogP contribution is -2.49. The van der Waals surface area contributed by atoms with Gasteiger partial charge in [0.05, 0.1) is 6.61 Å². The fraction of sp³-hybridized carbons (Fsp3) is 0.867. The SMILES string of the molecule is CC(CO)=C(C)CC[C@@H](C)[C@H]1CC[C@@]2(C)C3=C(CC[C@]12C)[C@@]1(C)CCC[C@@H](C)C1CC3. The van der Waals surface area contributed by atoms with Crippen molar-refractivity contribution in [1.29, 1.82) is 0 Å². The first-order valence-corrected chi connectivity index (χ1v) is 13.6. The molecule has 0 saturated heterocycles. The van der Waals surface area contributed by atoms with Crippen LogP contribution in [0.25, 0.3) is 0 Å². The van der Waals surface area contributed by atoms with Crippen molar-refractivity contribution in [2.24, 2.45) is 39.9 Å². The van der Waals surface area contributed by atoms with Crippen LogP contribution >= 0.6 is 0 Å². The zero-order valence-electron chi connectivity index (χ0n) is 21.7. The van der Waals surface area contributed by atoms with E-state index in [1.54, 1.807) is 0 Å². The lowest BCUT2D eigenvalue weighted by Gasteiger charge is -2.59. The Balaban J connectivity index is 1.59. The first-order chi connectivity index (χ1) is 14.6. The van der Waals surface area contributed by atoms with Crippen molar-refractivity contribution in [2.75, 3.05) is 6.61 Å². The summed E-state index contributed by atoms with van der Waals surface area (Å²) >= 11 is 0. The van der Waals surface area contributed by atoms with Gasteiger partial charge in [0.15, 0.2) is 0 Å². The Kier molecular flexibility index (Phi) is 6.35. The molecule has 176 valence electrons. The molecular weight excluding hydrogens is 376 g/mol. The van der Waals surface area contributed by atoms with Crippen molar-refractivity contribution in [1.82, 2.24) is 0 Å². The highest BCUT2D eigenvalue weighted by molar-refractivity contribution is 5.38. The molecule has 2 fully saturated rings. The van der Waals surface area contributed by atoms with E-state index >= 15 is 0 Å². The standard InChI is InChI=1S/C30H50O/c1-20(23(4)19-31)10-11-22(3)25-14-17-30(7)27-13-12-24-21(2)9-8-16-28(24,5)26(27)15-18-29(25,30)6/h21-22,24-25,31H,8-19H2,1-7H3/t21-,22-,24?,25-,28+,29-,30+/m1/s1. The highest BCUT2D eigenvalue weighted by Gasteiger charge is 2.61. The van der Waals surface area contributed by atoms with Crippen molar-refractivity contribution < 1.29 is 5.11 Å². The molecule has 0 radical (unpaired) electrons. The third kappa shape index (κ3) is 3.51. The van der Waals surface area contributed by atoms with E-state index < -0.39 is 0 Å². The Morgan fingerprint density at radius 1 is 0.968 bits per heavy atom. The molecule has 0 bridgehead atoms. The zero-order chi connectivity index (χ0) is 22.6. The summed E-state index contributed by atoms with van der Waals surface area (Å²) in [5, 5.41) is 9.48. The second-order valence-corrected chi connectivity index (χ2v) is 13.0. The highest BCUT2D eigenvalue weighted by atomic mass is 16.3. The Morgan fingerprint density at radius 2 is 1.71 bits per heavy atom. The van der Waals surface area contributed by atoms with E-state index in [-0.39, 0.29) is 6.61 Å². The molecule has 7 atom stereocenters. The van der Waals surface area contributed by atoms with Crippen LogP contribution in [0.15, 0.2) is 22.3 Å². The Morgan fingerprint density at radius 3 is 2.42 bits per heavy atom. The van der Waals surface area contributed by atoms with Gasteiger partial charge in [-0.2, -0.15) is 0 Å². The molecule has 0 aromatic heterocycles. The minimum Gasteiger partial charge on any atom is -0.392 e. The summed E-state index contributed by atoms with van der Waals surface area (Å²) in [6.45, 7) is 17.7. The minimum absolute atomic E-state index is 0.217. The highest BCUT2D eigenvalue weighted by Crippen LogP contribution is 2.71. The summed E-state index contributed by atoms with van der Waals surface area (Å²) in [4.78, 5) is 0. The average Bonchev–Trinajstić information content (AvgIpc) is 3.02. The third-order valence-corrected chi connectivity index (χ3v) is 11.8. The van der Waals surface area contributed by atoms with Crippen LogP contribution in [0, 0.1) is 39.9 Å². The van der Waals surface area contributed by atoms with E-state index in [0.29, 0.717) is 16.2 Å². The molecule has 1 unspecified atom stereocenters. The number of rotatable bonds is 5. The van der Waals surface area contributed by atoms with Gasteiger partial charge in [0.2, 0.25) is 0 Å². The molecule has 4 rings (SSSR count). The number of aliphatic hydroxyl groups is 1. The lowest BCUT2D eigenvalue weighted by atomic mass is 9.45. The smallest absolute Gasteiger partial charge is 0.0641 e.